The maximum Gasteiger partial charge on any atom is 0.0406 e. The lowest BCUT2D eigenvalue weighted by Crippen LogP contribution is -2.41. The predicted octanol–water partition coefficient (Wildman–Crippen LogP) is 2.88. The van der Waals surface area contributed by atoms with Crippen LogP contribution in [0.3, 0.4) is 0 Å². The lowest BCUT2D eigenvalue weighted by molar-refractivity contribution is 0.0864. The van der Waals surface area contributed by atoms with Gasteiger partial charge in [-0.2, -0.15) is 0 Å². The number of hydrogen-bond acceptors (Lipinski definition) is 1. The van der Waals surface area contributed by atoms with Crippen molar-refractivity contribution in [2.45, 2.75) is 19.3 Å². The lowest BCUT2D eigenvalue weighted by Gasteiger charge is -2.44. The van der Waals surface area contributed by atoms with Crippen LogP contribution in [0.5, 0.6) is 0 Å². The van der Waals surface area contributed by atoms with Crippen molar-refractivity contribution in [3.8, 4) is 0 Å². The summed E-state index contributed by atoms with van der Waals surface area (Å²) in [6.07, 6.45) is 4.04. The molecule has 1 nitrogen and oxygen atoms in total. The maximum absolute atomic E-state index is 5.89. The van der Waals surface area contributed by atoms with Crippen molar-refractivity contribution in [2.24, 2.45) is 11.3 Å². The summed E-state index contributed by atoms with van der Waals surface area (Å²) in [5.41, 5.74) is 2.01. The second kappa shape index (κ2) is 3.50. The number of halogens is 1. The zero-order chi connectivity index (χ0) is 10.3. The van der Waals surface area contributed by atoms with Crippen LogP contribution in [0.25, 0.3) is 0 Å². The normalized spacial score (nSPS) is 33.5. The van der Waals surface area contributed by atoms with E-state index in [1.807, 2.05) is 12.1 Å². The van der Waals surface area contributed by atoms with E-state index >= 15 is 0 Å². The maximum atomic E-state index is 5.89. The van der Waals surface area contributed by atoms with E-state index in [9.17, 15) is 0 Å². The summed E-state index contributed by atoms with van der Waals surface area (Å²) >= 11 is 5.89. The number of fused-ring (bicyclic) bond motifs is 1. The van der Waals surface area contributed by atoms with Gasteiger partial charge < -0.3 is 5.32 Å². The third-order valence-corrected chi connectivity index (χ3v) is 4.45. The molecule has 3 rings (SSSR count). The molecule has 1 saturated carbocycles. The summed E-state index contributed by atoms with van der Waals surface area (Å²) in [7, 11) is 0. The number of hydrogen-bond donors (Lipinski definition) is 1. The Morgan fingerprint density at radius 3 is 2.73 bits per heavy atom. The summed E-state index contributed by atoms with van der Waals surface area (Å²) in [5.74, 6) is 0.924. The van der Waals surface area contributed by atoms with Crippen LogP contribution in [0.2, 0.25) is 5.02 Å². The second-order valence-corrected chi connectivity index (χ2v) is 5.47. The minimum Gasteiger partial charge on any atom is -0.316 e. The molecule has 1 N–H and O–H groups in total. The Morgan fingerprint density at radius 2 is 2.13 bits per heavy atom. The van der Waals surface area contributed by atoms with Crippen molar-refractivity contribution >= 4 is 11.6 Å². The van der Waals surface area contributed by atoms with Crippen LogP contribution in [0, 0.1) is 11.3 Å². The fraction of sp³-hybridized carbons (Fsp3) is 0.538. The van der Waals surface area contributed by atoms with Crippen molar-refractivity contribution in [2.75, 3.05) is 13.1 Å². The SMILES string of the molecule is Clc1ccc(CC23CCC2CNC3)cc1. The molecule has 2 aliphatic rings. The van der Waals surface area contributed by atoms with Crippen molar-refractivity contribution in [3.05, 3.63) is 34.9 Å². The van der Waals surface area contributed by atoms with Gasteiger partial charge in [0.25, 0.3) is 0 Å². The first-order chi connectivity index (χ1) is 7.28. The molecule has 1 aromatic carbocycles. The zero-order valence-electron chi connectivity index (χ0n) is 8.80. The van der Waals surface area contributed by atoms with Gasteiger partial charge in [0.15, 0.2) is 0 Å². The first-order valence-electron chi connectivity index (χ1n) is 5.74. The molecule has 2 atom stereocenters. The molecule has 2 fully saturated rings. The Labute approximate surface area is 95.8 Å². The Balaban J connectivity index is 1.77. The van der Waals surface area contributed by atoms with Gasteiger partial charge in [0.2, 0.25) is 0 Å². The van der Waals surface area contributed by atoms with Crippen LogP contribution >= 0.6 is 11.6 Å². The van der Waals surface area contributed by atoms with Crippen LogP contribution in [0.15, 0.2) is 24.3 Å². The quantitative estimate of drug-likeness (QED) is 0.810. The van der Waals surface area contributed by atoms with Crippen molar-refractivity contribution in [1.29, 1.82) is 0 Å². The van der Waals surface area contributed by atoms with E-state index < -0.39 is 0 Å². The number of benzene rings is 1. The molecule has 1 aromatic rings. The van der Waals surface area contributed by atoms with Gasteiger partial charge in [0, 0.05) is 11.6 Å². The Bertz CT molecular complexity index is 359. The standard InChI is InChI=1S/C13H16ClN/c14-12-3-1-10(2-4-12)7-13-6-5-11(13)8-15-9-13/h1-4,11,15H,5-9H2. The molecule has 1 aliphatic heterocycles. The van der Waals surface area contributed by atoms with Gasteiger partial charge in [-0.25, -0.2) is 0 Å². The van der Waals surface area contributed by atoms with Gasteiger partial charge in [0.05, 0.1) is 0 Å². The van der Waals surface area contributed by atoms with Gasteiger partial charge in [-0.05, 0) is 54.8 Å². The fourth-order valence-corrected chi connectivity index (χ4v) is 3.23. The molecule has 1 saturated heterocycles. The number of rotatable bonds is 2. The summed E-state index contributed by atoms with van der Waals surface area (Å²) in [6, 6.07) is 8.35. The summed E-state index contributed by atoms with van der Waals surface area (Å²) in [4.78, 5) is 0. The first-order valence-corrected chi connectivity index (χ1v) is 6.11. The van der Waals surface area contributed by atoms with Gasteiger partial charge in [0.1, 0.15) is 0 Å². The fourth-order valence-electron chi connectivity index (χ4n) is 3.11. The summed E-state index contributed by atoms with van der Waals surface area (Å²) < 4.78 is 0. The van der Waals surface area contributed by atoms with Crippen molar-refractivity contribution in [1.82, 2.24) is 5.32 Å². The van der Waals surface area contributed by atoms with Crippen LogP contribution < -0.4 is 5.32 Å². The third-order valence-electron chi connectivity index (χ3n) is 4.19. The minimum atomic E-state index is 0.577. The number of nitrogens with one attached hydrogen (secondary N) is 1. The highest BCUT2D eigenvalue weighted by molar-refractivity contribution is 6.30. The Morgan fingerprint density at radius 1 is 1.33 bits per heavy atom. The van der Waals surface area contributed by atoms with Crippen LogP contribution in [0.4, 0.5) is 0 Å². The van der Waals surface area contributed by atoms with E-state index in [0.717, 1.165) is 10.9 Å². The van der Waals surface area contributed by atoms with E-state index in [1.54, 1.807) is 0 Å². The topological polar surface area (TPSA) is 12.0 Å². The van der Waals surface area contributed by atoms with Gasteiger partial charge >= 0.3 is 0 Å². The predicted molar refractivity (Wildman–Crippen MR) is 63.2 cm³/mol. The van der Waals surface area contributed by atoms with Crippen LogP contribution in [0.1, 0.15) is 18.4 Å². The van der Waals surface area contributed by atoms with E-state index in [1.165, 1.54) is 37.9 Å². The molecular weight excluding hydrogens is 206 g/mol. The average molecular weight is 222 g/mol. The molecule has 1 aliphatic carbocycles. The smallest absolute Gasteiger partial charge is 0.0406 e. The minimum absolute atomic E-state index is 0.577. The van der Waals surface area contributed by atoms with E-state index in [2.05, 4.69) is 17.4 Å². The highest BCUT2D eigenvalue weighted by atomic mass is 35.5. The molecular formula is C13H16ClN. The Hall–Kier alpha value is -0.530. The highest BCUT2D eigenvalue weighted by Crippen LogP contribution is 2.51. The third kappa shape index (κ3) is 1.58. The van der Waals surface area contributed by atoms with E-state index in [-0.39, 0.29) is 0 Å². The second-order valence-electron chi connectivity index (χ2n) is 5.03. The highest BCUT2D eigenvalue weighted by Gasteiger charge is 2.49. The van der Waals surface area contributed by atoms with Gasteiger partial charge in [-0.15, -0.1) is 0 Å². The first kappa shape index (κ1) is 9.68. The molecule has 2 heteroatoms. The molecule has 0 spiro atoms. The molecule has 0 aromatic heterocycles. The Kier molecular flexibility index (Phi) is 2.26. The van der Waals surface area contributed by atoms with Crippen LogP contribution in [-0.2, 0) is 6.42 Å². The molecule has 0 amide bonds. The summed E-state index contributed by atoms with van der Waals surface area (Å²) in [6.45, 7) is 2.44. The molecule has 1 heterocycles. The van der Waals surface area contributed by atoms with Crippen LogP contribution in [-0.4, -0.2) is 13.1 Å². The average Bonchev–Trinajstić information content (AvgIpc) is 2.49. The van der Waals surface area contributed by atoms with E-state index in [0.29, 0.717) is 5.41 Å². The van der Waals surface area contributed by atoms with Crippen molar-refractivity contribution < 1.29 is 0 Å². The lowest BCUT2D eigenvalue weighted by atomic mass is 9.59. The molecule has 0 bridgehead atoms. The molecule has 15 heavy (non-hydrogen) atoms. The largest absolute Gasteiger partial charge is 0.316 e. The molecule has 0 radical (unpaired) electrons. The van der Waals surface area contributed by atoms with Gasteiger partial charge in [-0.1, -0.05) is 23.7 Å². The zero-order valence-corrected chi connectivity index (χ0v) is 9.56. The van der Waals surface area contributed by atoms with Crippen molar-refractivity contribution in [3.63, 3.8) is 0 Å². The van der Waals surface area contributed by atoms with E-state index in [4.69, 9.17) is 11.6 Å². The summed E-state index contributed by atoms with van der Waals surface area (Å²) in [5, 5.41) is 4.37. The van der Waals surface area contributed by atoms with Gasteiger partial charge in [-0.3, -0.25) is 0 Å². The monoisotopic (exact) mass is 221 g/mol. The molecule has 80 valence electrons. The molecule has 2 unspecified atom stereocenters.